The standard InChI is InChI=1S/C14H13O3/c1-2-16-12-9-6-10-13(14(12)15)17-11-7-4-3-5-8-11/h2-10,15H,1H3. The highest BCUT2D eigenvalue weighted by molar-refractivity contribution is 5.51. The Hall–Kier alpha value is -2.16. The highest BCUT2D eigenvalue weighted by atomic mass is 16.5. The molecule has 3 heteroatoms. The van der Waals surface area contributed by atoms with E-state index in [0.717, 1.165) is 0 Å². The summed E-state index contributed by atoms with van der Waals surface area (Å²) in [6.45, 7) is 3.24. The normalized spacial score (nSPS) is 9.94. The van der Waals surface area contributed by atoms with E-state index in [1.807, 2.05) is 30.3 Å². The summed E-state index contributed by atoms with van der Waals surface area (Å²) in [5, 5.41) is 9.91. The first-order chi connectivity index (χ1) is 8.31. The van der Waals surface area contributed by atoms with Crippen molar-refractivity contribution in [2.75, 3.05) is 0 Å². The number of hydrogen-bond acceptors (Lipinski definition) is 3. The van der Waals surface area contributed by atoms with Gasteiger partial charge in [0.25, 0.3) is 0 Å². The van der Waals surface area contributed by atoms with Crippen LogP contribution in [0.2, 0.25) is 0 Å². The highest BCUT2D eigenvalue weighted by Crippen LogP contribution is 2.38. The number of benzene rings is 2. The summed E-state index contributed by atoms with van der Waals surface area (Å²) in [5.74, 6) is 1.41. The third kappa shape index (κ3) is 2.69. The third-order valence-electron chi connectivity index (χ3n) is 2.18. The van der Waals surface area contributed by atoms with Gasteiger partial charge in [0.05, 0.1) is 0 Å². The molecule has 0 saturated carbocycles. The molecule has 0 spiro atoms. The lowest BCUT2D eigenvalue weighted by atomic mass is 10.3. The van der Waals surface area contributed by atoms with Gasteiger partial charge >= 0.3 is 0 Å². The van der Waals surface area contributed by atoms with Gasteiger partial charge in [0, 0.05) is 0 Å². The lowest BCUT2D eigenvalue weighted by Gasteiger charge is -2.10. The van der Waals surface area contributed by atoms with Crippen LogP contribution in [0.15, 0.2) is 48.5 Å². The summed E-state index contributed by atoms with van der Waals surface area (Å²) in [6.07, 6.45) is 0. The molecule has 0 bridgehead atoms. The van der Waals surface area contributed by atoms with Crippen molar-refractivity contribution in [1.82, 2.24) is 0 Å². The Balaban J connectivity index is 2.24. The average Bonchev–Trinajstić information content (AvgIpc) is 2.36. The van der Waals surface area contributed by atoms with Crippen LogP contribution in [0.4, 0.5) is 0 Å². The van der Waals surface area contributed by atoms with Crippen LogP contribution in [0.3, 0.4) is 0 Å². The van der Waals surface area contributed by atoms with E-state index in [2.05, 4.69) is 0 Å². The molecule has 2 aromatic carbocycles. The molecule has 0 aliphatic rings. The molecule has 0 amide bonds. The minimum atomic E-state index is -0.00514. The molecule has 0 aliphatic heterocycles. The van der Waals surface area contributed by atoms with Gasteiger partial charge in [-0.1, -0.05) is 24.3 Å². The Kier molecular flexibility index (Phi) is 3.50. The Labute approximate surface area is 100 Å². The quantitative estimate of drug-likeness (QED) is 0.867. The maximum absolute atomic E-state index is 9.91. The fourth-order valence-electron chi connectivity index (χ4n) is 1.42. The second-order valence-corrected chi connectivity index (χ2v) is 3.37. The lowest BCUT2D eigenvalue weighted by Crippen LogP contribution is -1.89. The van der Waals surface area contributed by atoms with Gasteiger partial charge in [0.1, 0.15) is 12.4 Å². The molecular weight excluding hydrogens is 216 g/mol. The summed E-state index contributed by atoms with van der Waals surface area (Å²) in [5.41, 5.74) is 0. The van der Waals surface area contributed by atoms with Crippen LogP contribution in [-0.4, -0.2) is 5.11 Å². The number of aromatic hydroxyl groups is 1. The maximum Gasteiger partial charge on any atom is 0.201 e. The van der Waals surface area contributed by atoms with Gasteiger partial charge in [-0.3, -0.25) is 0 Å². The first-order valence-corrected chi connectivity index (χ1v) is 5.30. The number of hydrogen-bond donors (Lipinski definition) is 1. The zero-order chi connectivity index (χ0) is 12.1. The summed E-state index contributed by atoms with van der Waals surface area (Å²) >= 11 is 0. The first-order valence-electron chi connectivity index (χ1n) is 5.30. The van der Waals surface area contributed by atoms with Gasteiger partial charge in [-0.15, -0.1) is 0 Å². The topological polar surface area (TPSA) is 38.7 Å². The van der Waals surface area contributed by atoms with E-state index < -0.39 is 0 Å². The molecule has 1 radical (unpaired) electrons. The van der Waals surface area contributed by atoms with Crippen molar-refractivity contribution in [1.29, 1.82) is 0 Å². The van der Waals surface area contributed by atoms with E-state index in [1.54, 1.807) is 25.1 Å². The van der Waals surface area contributed by atoms with E-state index in [1.165, 1.54) is 6.61 Å². The number of para-hydroxylation sites is 2. The van der Waals surface area contributed by atoms with Crippen LogP contribution in [0.1, 0.15) is 6.92 Å². The number of phenolic OH excluding ortho intramolecular Hbond substituents is 1. The van der Waals surface area contributed by atoms with E-state index in [0.29, 0.717) is 17.2 Å². The van der Waals surface area contributed by atoms with Crippen molar-refractivity contribution in [2.24, 2.45) is 0 Å². The number of phenols is 1. The van der Waals surface area contributed by atoms with Crippen LogP contribution < -0.4 is 9.47 Å². The second kappa shape index (κ2) is 5.25. The molecule has 17 heavy (non-hydrogen) atoms. The fourth-order valence-corrected chi connectivity index (χ4v) is 1.42. The van der Waals surface area contributed by atoms with Crippen molar-refractivity contribution in [3.05, 3.63) is 55.1 Å². The predicted octanol–water partition coefficient (Wildman–Crippen LogP) is 3.74. The van der Waals surface area contributed by atoms with Gasteiger partial charge in [-0.25, -0.2) is 0 Å². The minimum Gasteiger partial charge on any atom is -0.502 e. The molecule has 0 fully saturated rings. The molecule has 0 saturated heterocycles. The smallest absolute Gasteiger partial charge is 0.201 e. The molecule has 0 unspecified atom stereocenters. The number of rotatable bonds is 4. The minimum absolute atomic E-state index is 0.00514. The Morgan fingerprint density at radius 1 is 0.941 bits per heavy atom. The van der Waals surface area contributed by atoms with Gasteiger partial charge in [0.15, 0.2) is 11.5 Å². The van der Waals surface area contributed by atoms with Gasteiger partial charge < -0.3 is 14.6 Å². The van der Waals surface area contributed by atoms with Crippen LogP contribution in [-0.2, 0) is 0 Å². The average molecular weight is 229 g/mol. The molecule has 0 heterocycles. The first kappa shape index (κ1) is 11.3. The lowest BCUT2D eigenvalue weighted by molar-refractivity contribution is 0.356. The molecule has 2 aromatic rings. The van der Waals surface area contributed by atoms with Crippen molar-refractivity contribution in [3.63, 3.8) is 0 Å². The zero-order valence-corrected chi connectivity index (χ0v) is 9.46. The third-order valence-corrected chi connectivity index (χ3v) is 2.18. The Morgan fingerprint density at radius 2 is 1.65 bits per heavy atom. The summed E-state index contributed by atoms with van der Waals surface area (Å²) in [7, 11) is 0. The van der Waals surface area contributed by atoms with Crippen molar-refractivity contribution < 1.29 is 14.6 Å². The second-order valence-electron chi connectivity index (χ2n) is 3.37. The molecule has 87 valence electrons. The SMILES string of the molecule is C[CH]Oc1cccc(Oc2ccccc2)c1O. The predicted molar refractivity (Wildman–Crippen MR) is 65.2 cm³/mol. The van der Waals surface area contributed by atoms with Crippen molar-refractivity contribution >= 4 is 0 Å². The molecule has 3 nitrogen and oxygen atoms in total. The van der Waals surface area contributed by atoms with Gasteiger partial charge in [-0.05, 0) is 31.2 Å². The summed E-state index contributed by atoms with van der Waals surface area (Å²) in [4.78, 5) is 0. The van der Waals surface area contributed by atoms with Crippen molar-refractivity contribution in [3.8, 4) is 23.0 Å². The van der Waals surface area contributed by atoms with Crippen molar-refractivity contribution in [2.45, 2.75) is 6.92 Å². The maximum atomic E-state index is 9.91. The van der Waals surface area contributed by atoms with Crippen LogP contribution in [0, 0.1) is 6.61 Å². The molecule has 1 N–H and O–H groups in total. The zero-order valence-electron chi connectivity index (χ0n) is 9.46. The van der Waals surface area contributed by atoms with E-state index in [4.69, 9.17) is 9.47 Å². The van der Waals surface area contributed by atoms with Gasteiger partial charge in [0.2, 0.25) is 5.75 Å². The Morgan fingerprint density at radius 3 is 2.35 bits per heavy atom. The van der Waals surface area contributed by atoms with E-state index in [9.17, 15) is 5.11 Å². The fraction of sp³-hybridized carbons (Fsp3) is 0.0714. The van der Waals surface area contributed by atoms with Crippen LogP contribution in [0.25, 0.3) is 0 Å². The van der Waals surface area contributed by atoms with Crippen LogP contribution >= 0.6 is 0 Å². The Bertz CT molecular complexity index is 480. The summed E-state index contributed by atoms with van der Waals surface area (Å²) in [6, 6.07) is 14.4. The largest absolute Gasteiger partial charge is 0.502 e. The molecule has 0 aliphatic carbocycles. The molecule has 0 atom stereocenters. The summed E-state index contributed by atoms with van der Waals surface area (Å²) < 4.78 is 10.7. The molecular formula is C14H13O3. The monoisotopic (exact) mass is 229 g/mol. The van der Waals surface area contributed by atoms with E-state index in [-0.39, 0.29) is 5.75 Å². The van der Waals surface area contributed by atoms with E-state index >= 15 is 0 Å². The highest BCUT2D eigenvalue weighted by Gasteiger charge is 2.09. The molecule has 2 rings (SSSR count). The van der Waals surface area contributed by atoms with Crippen LogP contribution in [0.5, 0.6) is 23.0 Å². The van der Waals surface area contributed by atoms with Gasteiger partial charge in [-0.2, -0.15) is 0 Å². The number of ether oxygens (including phenoxy) is 2. The molecule has 0 aromatic heterocycles.